The fourth-order valence-electron chi connectivity index (χ4n) is 1.95. The van der Waals surface area contributed by atoms with Gasteiger partial charge in [0.2, 0.25) is 0 Å². The van der Waals surface area contributed by atoms with Crippen LogP contribution in [-0.4, -0.2) is 0 Å². The summed E-state index contributed by atoms with van der Waals surface area (Å²) >= 11 is 0. The van der Waals surface area contributed by atoms with Gasteiger partial charge in [0, 0.05) is 17.3 Å². The Morgan fingerprint density at radius 1 is 0.882 bits per heavy atom. The average Bonchev–Trinajstić information content (AvgIpc) is 2.33. The van der Waals surface area contributed by atoms with E-state index in [9.17, 15) is 0 Å². The first-order valence-corrected chi connectivity index (χ1v) is 5.79. The second-order valence-electron chi connectivity index (χ2n) is 4.50. The molecule has 0 saturated heterocycles. The summed E-state index contributed by atoms with van der Waals surface area (Å²) in [7, 11) is 0. The van der Waals surface area contributed by atoms with E-state index >= 15 is 0 Å². The zero-order valence-electron chi connectivity index (χ0n) is 10.3. The molecule has 2 nitrogen and oxygen atoms in total. The number of benzene rings is 2. The predicted molar refractivity (Wildman–Crippen MR) is 74.0 cm³/mol. The lowest BCUT2D eigenvalue weighted by atomic mass is 9.92. The number of aryl methyl sites for hydroxylation is 1. The maximum atomic E-state index is 5.83. The molecule has 2 aromatic rings. The molecule has 0 bridgehead atoms. The molecule has 0 radical (unpaired) electrons. The van der Waals surface area contributed by atoms with Crippen molar-refractivity contribution >= 4 is 11.4 Å². The average molecular weight is 226 g/mol. The fraction of sp³-hybridized carbons (Fsp3) is 0.200. The van der Waals surface area contributed by atoms with Crippen molar-refractivity contribution in [2.45, 2.75) is 19.8 Å². The first kappa shape index (κ1) is 11.5. The Bertz CT molecular complexity index is 515. The third-order valence-electron chi connectivity index (χ3n) is 3.23. The van der Waals surface area contributed by atoms with Crippen LogP contribution in [0.3, 0.4) is 0 Å². The molecule has 17 heavy (non-hydrogen) atoms. The highest BCUT2D eigenvalue weighted by Crippen LogP contribution is 2.26. The fourth-order valence-corrected chi connectivity index (χ4v) is 1.95. The predicted octanol–water partition coefficient (Wildman–Crippen LogP) is 3.31. The second kappa shape index (κ2) is 4.50. The molecule has 0 fully saturated rings. The summed E-state index contributed by atoms with van der Waals surface area (Å²) in [6.07, 6.45) is 0. The van der Waals surface area contributed by atoms with Gasteiger partial charge >= 0.3 is 0 Å². The highest BCUT2D eigenvalue weighted by atomic mass is 14.6. The summed E-state index contributed by atoms with van der Waals surface area (Å²) in [6.45, 7) is 4.23. The maximum Gasteiger partial charge on any atom is 0.0343 e. The smallest absolute Gasteiger partial charge is 0.0343 e. The Morgan fingerprint density at radius 3 is 2.06 bits per heavy atom. The Morgan fingerprint density at radius 2 is 1.47 bits per heavy atom. The molecule has 1 unspecified atom stereocenters. The molecule has 0 aliphatic heterocycles. The molecule has 0 spiro atoms. The molecule has 0 aliphatic rings. The van der Waals surface area contributed by atoms with E-state index in [-0.39, 0.29) is 0 Å². The Balaban J connectivity index is 2.33. The Hall–Kier alpha value is -1.96. The van der Waals surface area contributed by atoms with Crippen molar-refractivity contribution in [1.29, 1.82) is 0 Å². The molecular formula is C15H18N2. The molecule has 1 atom stereocenters. The monoisotopic (exact) mass is 226 g/mol. The van der Waals surface area contributed by atoms with E-state index in [0.29, 0.717) is 5.92 Å². The molecule has 88 valence electrons. The van der Waals surface area contributed by atoms with Crippen molar-refractivity contribution in [1.82, 2.24) is 0 Å². The SMILES string of the molecule is Cc1cc(C(C)c2ccc(N)cc2)ccc1N. The van der Waals surface area contributed by atoms with Crippen molar-refractivity contribution in [2.24, 2.45) is 0 Å². The maximum absolute atomic E-state index is 5.83. The highest BCUT2D eigenvalue weighted by molar-refractivity contribution is 5.50. The number of rotatable bonds is 2. The van der Waals surface area contributed by atoms with Gasteiger partial charge in [0.15, 0.2) is 0 Å². The Kier molecular flexibility index (Phi) is 3.05. The van der Waals surface area contributed by atoms with Gasteiger partial charge in [0.1, 0.15) is 0 Å². The van der Waals surface area contributed by atoms with Crippen LogP contribution in [0.4, 0.5) is 11.4 Å². The lowest BCUT2D eigenvalue weighted by Crippen LogP contribution is -1.98. The van der Waals surface area contributed by atoms with E-state index in [1.54, 1.807) is 0 Å². The molecule has 0 saturated carbocycles. The van der Waals surface area contributed by atoms with Gasteiger partial charge in [0.25, 0.3) is 0 Å². The van der Waals surface area contributed by atoms with Crippen molar-refractivity contribution in [3.63, 3.8) is 0 Å². The molecular weight excluding hydrogens is 208 g/mol. The summed E-state index contributed by atoms with van der Waals surface area (Å²) < 4.78 is 0. The largest absolute Gasteiger partial charge is 0.399 e. The van der Waals surface area contributed by atoms with E-state index in [4.69, 9.17) is 11.5 Å². The summed E-state index contributed by atoms with van der Waals surface area (Å²) in [5.41, 5.74) is 16.8. The van der Waals surface area contributed by atoms with Crippen LogP contribution in [0, 0.1) is 6.92 Å². The summed E-state index contributed by atoms with van der Waals surface area (Å²) in [4.78, 5) is 0. The number of nitrogens with two attached hydrogens (primary N) is 2. The molecule has 2 heteroatoms. The first-order valence-electron chi connectivity index (χ1n) is 5.79. The van der Waals surface area contributed by atoms with Crippen LogP contribution in [0.5, 0.6) is 0 Å². The van der Waals surface area contributed by atoms with Gasteiger partial charge < -0.3 is 11.5 Å². The van der Waals surface area contributed by atoms with Gasteiger partial charge in [-0.1, -0.05) is 31.2 Å². The zero-order valence-corrected chi connectivity index (χ0v) is 10.3. The van der Waals surface area contributed by atoms with Gasteiger partial charge in [-0.05, 0) is 41.8 Å². The van der Waals surface area contributed by atoms with Crippen molar-refractivity contribution in [3.8, 4) is 0 Å². The number of anilines is 2. The topological polar surface area (TPSA) is 52.0 Å². The van der Waals surface area contributed by atoms with Gasteiger partial charge in [0.05, 0.1) is 0 Å². The van der Waals surface area contributed by atoms with Gasteiger partial charge in [-0.2, -0.15) is 0 Å². The summed E-state index contributed by atoms with van der Waals surface area (Å²) in [5, 5.41) is 0. The van der Waals surface area contributed by atoms with E-state index in [1.165, 1.54) is 11.1 Å². The normalized spacial score (nSPS) is 12.4. The molecule has 2 aromatic carbocycles. The van der Waals surface area contributed by atoms with E-state index in [0.717, 1.165) is 16.9 Å². The van der Waals surface area contributed by atoms with Gasteiger partial charge in [-0.15, -0.1) is 0 Å². The van der Waals surface area contributed by atoms with Crippen LogP contribution < -0.4 is 11.5 Å². The van der Waals surface area contributed by atoms with E-state index in [2.05, 4.69) is 31.2 Å². The number of nitrogen functional groups attached to an aromatic ring is 2. The summed E-state index contributed by atoms with van der Waals surface area (Å²) in [6, 6.07) is 14.2. The van der Waals surface area contributed by atoms with Crippen molar-refractivity contribution < 1.29 is 0 Å². The van der Waals surface area contributed by atoms with Crippen molar-refractivity contribution in [3.05, 3.63) is 59.2 Å². The minimum Gasteiger partial charge on any atom is -0.399 e. The minimum absolute atomic E-state index is 0.356. The van der Waals surface area contributed by atoms with Crippen LogP contribution in [0.2, 0.25) is 0 Å². The van der Waals surface area contributed by atoms with E-state index in [1.807, 2.05) is 25.1 Å². The standard InChI is InChI=1S/C15H18N2/c1-10-9-13(5-8-15(10)17)11(2)12-3-6-14(16)7-4-12/h3-9,11H,16-17H2,1-2H3. The molecule has 4 N–H and O–H groups in total. The summed E-state index contributed by atoms with van der Waals surface area (Å²) in [5.74, 6) is 0.356. The van der Waals surface area contributed by atoms with Crippen LogP contribution in [0.1, 0.15) is 29.5 Å². The second-order valence-corrected chi connectivity index (χ2v) is 4.50. The zero-order chi connectivity index (χ0) is 12.4. The number of hydrogen-bond acceptors (Lipinski definition) is 2. The first-order chi connectivity index (χ1) is 8.08. The van der Waals surface area contributed by atoms with Gasteiger partial charge in [-0.25, -0.2) is 0 Å². The lowest BCUT2D eigenvalue weighted by molar-refractivity contribution is 0.921. The third-order valence-corrected chi connectivity index (χ3v) is 3.23. The minimum atomic E-state index is 0.356. The molecule has 2 rings (SSSR count). The van der Waals surface area contributed by atoms with Crippen LogP contribution in [-0.2, 0) is 0 Å². The lowest BCUT2D eigenvalue weighted by Gasteiger charge is -2.14. The molecule has 0 heterocycles. The van der Waals surface area contributed by atoms with E-state index < -0.39 is 0 Å². The van der Waals surface area contributed by atoms with Crippen molar-refractivity contribution in [2.75, 3.05) is 11.5 Å². The van der Waals surface area contributed by atoms with Crippen LogP contribution in [0.25, 0.3) is 0 Å². The Labute approximate surface area is 102 Å². The number of hydrogen-bond donors (Lipinski definition) is 2. The highest BCUT2D eigenvalue weighted by Gasteiger charge is 2.08. The molecule has 0 aliphatic carbocycles. The van der Waals surface area contributed by atoms with Crippen LogP contribution in [0.15, 0.2) is 42.5 Å². The van der Waals surface area contributed by atoms with Gasteiger partial charge in [-0.3, -0.25) is 0 Å². The van der Waals surface area contributed by atoms with Crippen LogP contribution >= 0.6 is 0 Å². The third kappa shape index (κ3) is 2.41. The molecule has 0 aromatic heterocycles. The molecule has 0 amide bonds. The quantitative estimate of drug-likeness (QED) is 0.772.